The monoisotopic (exact) mass is 600 g/mol. The molecule has 1 aliphatic carbocycles. The van der Waals surface area contributed by atoms with Gasteiger partial charge in [0.05, 0.1) is 5.92 Å². The highest BCUT2D eigenvalue weighted by atomic mass is 19.1. The zero-order valence-electron chi connectivity index (χ0n) is 28.6. The maximum Gasteiger partial charge on any atom is 0.163 e. The fraction of sp³-hybridized carbons (Fsp3) is 0.568. The van der Waals surface area contributed by atoms with Crippen LogP contribution in [0, 0.1) is 16.7 Å². The molecule has 2 bridgehead atoms. The molecular weight excluding hydrogens is 542 g/mol. The third-order valence-electron chi connectivity index (χ3n) is 8.05. The second kappa shape index (κ2) is 20.0. The first kappa shape index (κ1) is 40.0. The maximum atomic E-state index is 15.4. The molecule has 1 aromatic rings. The normalized spacial score (nSPS) is 23.5. The van der Waals surface area contributed by atoms with E-state index in [1.165, 1.54) is 17.7 Å². The first-order valence-electron chi connectivity index (χ1n) is 15.9. The molecule has 0 amide bonds. The number of aromatic amines is 1. The standard InChI is InChI=1S/C32H44F2N2O.2C2H6.CH2O/c1-22-14-18-35-29(22)20-28(34)30-11-9-8-10-15-31(4,5)16-17-32(6,7)23(2)21-36-24(3)26-19-25(37-30)12-13-27(26)33;3*1-2/h12-14,18,20-21,26,35H,1,8-11,15-17,19H2,2-7H3;2*1-2H3;1H2/b23-21+,29-20+,30-28-,36-24?;;;. The zero-order chi connectivity index (χ0) is 33.2. The first-order chi connectivity index (χ1) is 20.4. The van der Waals surface area contributed by atoms with Gasteiger partial charge in [0.15, 0.2) is 5.83 Å². The number of nitrogens with one attached hydrogen (secondary N) is 1. The van der Waals surface area contributed by atoms with Gasteiger partial charge in [-0.05, 0) is 79.4 Å². The number of aliphatic imine (C=N–C) groups is 1. The lowest BCUT2D eigenvalue weighted by atomic mass is 9.74. The van der Waals surface area contributed by atoms with E-state index >= 15 is 4.39 Å². The van der Waals surface area contributed by atoms with Crippen LogP contribution in [0.4, 0.5) is 8.78 Å². The van der Waals surface area contributed by atoms with E-state index in [4.69, 9.17) is 9.53 Å². The number of hydrogen-bond acceptors (Lipinski definition) is 3. The number of halogens is 2. The van der Waals surface area contributed by atoms with Crippen molar-refractivity contribution in [2.75, 3.05) is 0 Å². The Bertz CT molecular complexity index is 1250. The van der Waals surface area contributed by atoms with Gasteiger partial charge in [-0.1, -0.05) is 74.8 Å². The van der Waals surface area contributed by atoms with E-state index in [0.29, 0.717) is 29.7 Å². The number of nitrogens with zero attached hydrogens (tertiary/aromatic N) is 1. The summed E-state index contributed by atoms with van der Waals surface area (Å²) in [6.45, 7) is 27.1. The van der Waals surface area contributed by atoms with Crippen LogP contribution in [-0.2, 0) is 9.53 Å². The third kappa shape index (κ3) is 13.4. The molecule has 0 aromatic carbocycles. The van der Waals surface area contributed by atoms with Crippen molar-refractivity contribution in [2.45, 2.75) is 121 Å². The first-order valence-corrected chi connectivity index (χ1v) is 15.9. The topological polar surface area (TPSA) is 54.5 Å². The molecule has 2 heterocycles. The van der Waals surface area contributed by atoms with Crippen molar-refractivity contribution < 1.29 is 18.3 Å². The van der Waals surface area contributed by atoms with Gasteiger partial charge in [0, 0.05) is 42.4 Å². The summed E-state index contributed by atoms with van der Waals surface area (Å²) in [4.78, 5) is 15.7. The van der Waals surface area contributed by atoms with Crippen molar-refractivity contribution in [1.29, 1.82) is 0 Å². The van der Waals surface area contributed by atoms with Crippen LogP contribution in [-0.4, -0.2) is 17.5 Å². The predicted octanol–water partition coefficient (Wildman–Crippen LogP) is 10.2. The van der Waals surface area contributed by atoms with Crippen LogP contribution in [0.5, 0.6) is 0 Å². The van der Waals surface area contributed by atoms with Gasteiger partial charge in [0.25, 0.3) is 0 Å². The van der Waals surface area contributed by atoms with Gasteiger partial charge < -0.3 is 14.5 Å². The average Bonchev–Trinajstić information content (AvgIpc) is 3.41. The fourth-order valence-corrected chi connectivity index (χ4v) is 4.71. The van der Waals surface area contributed by atoms with Crippen LogP contribution < -0.4 is 10.6 Å². The minimum absolute atomic E-state index is 0.0162. The summed E-state index contributed by atoms with van der Waals surface area (Å²) < 4.78 is 36.4. The Morgan fingerprint density at radius 3 is 2.28 bits per heavy atom. The molecule has 2 aliphatic rings. The van der Waals surface area contributed by atoms with Crippen LogP contribution in [0.1, 0.15) is 121 Å². The highest BCUT2D eigenvalue weighted by Gasteiger charge is 2.27. The van der Waals surface area contributed by atoms with Crippen molar-refractivity contribution in [1.82, 2.24) is 4.98 Å². The molecule has 6 heteroatoms. The van der Waals surface area contributed by atoms with Crippen molar-refractivity contribution in [3.8, 4) is 0 Å². The summed E-state index contributed by atoms with van der Waals surface area (Å²) in [6, 6.07) is 1.80. The van der Waals surface area contributed by atoms with E-state index < -0.39 is 11.7 Å². The number of carbonyl (C=O) groups excluding carboxylic acids is 1. The van der Waals surface area contributed by atoms with E-state index in [0.717, 1.165) is 43.7 Å². The van der Waals surface area contributed by atoms with E-state index in [9.17, 15) is 4.39 Å². The van der Waals surface area contributed by atoms with Crippen LogP contribution in [0.25, 0.3) is 12.7 Å². The summed E-state index contributed by atoms with van der Waals surface area (Å²) in [7, 11) is 0. The van der Waals surface area contributed by atoms with Crippen molar-refractivity contribution >= 4 is 25.2 Å². The zero-order valence-corrected chi connectivity index (χ0v) is 28.6. The maximum absolute atomic E-state index is 15.4. The minimum Gasteiger partial charge on any atom is -0.463 e. The number of H-pyrrole nitrogens is 1. The van der Waals surface area contributed by atoms with E-state index in [1.807, 2.05) is 47.6 Å². The molecule has 1 N–H and O–H groups in total. The molecule has 0 radical (unpaired) electrons. The Kier molecular flexibility index (Phi) is 18.6. The van der Waals surface area contributed by atoms with Gasteiger partial charge in [0.2, 0.25) is 0 Å². The van der Waals surface area contributed by atoms with Gasteiger partial charge in [-0.3, -0.25) is 4.99 Å². The molecule has 1 aliphatic heterocycles. The van der Waals surface area contributed by atoms with Crippen molar-refractivity contribution in [3.63, 3.8) is 0 Å². The van der Waals surface area contributed by atoms with Gasteiger partial charge in [0.1, 0.15) is 24.1 Å². The molecule has 1 unspecified atom stereocenters. The van der Waals surface area contributed by atoms with Gasteiger partial charge in [-0.25, -0.2) is 8.78 Å². The third-order valence-corrected chi connectivity index (χ3v) is 8.05. The summed E-state index contributed by atoms with van der Waals surface area (Å²) in [5.41, 5.74) is 2.12. The molecule has 1 aromatic heterocycles. The molecule has 1 atom stereocenters. The van der Waals surface area contributed by atoms with Gasteiger partial charge in [-0.15, -0.1) is 0 Å². The summed E-state index contributed by atoms with van der Waals surface area (Å²) >= 11 is 0. The molecule has 4 nitrogen and oxygen atoms in total. The molecule has 242 valence electrons. The predicted molar refractivity (Wildman–Crippen MR) is 181 cm³/mol. The SMILES string of the molecule is C=O.C=c1cc[nH]/c1=C/C(F)=C1\CCCCCC(C)(C)CCC(C)(C)/C(C)=C/N=C(C)C2CC(=CC=C2F)O1.CC.CC. The van der Waals surface area contributed by atoms with Gasteiger partial charge in [-0.2, -0.15) is 0 Å². The van der Waals surface area contributed by atoms with Crippen molar-refractivity contribution in [2.24, 2.45) is 21.7 Å². The average molecular weight is 601 g/mol. The van der Waals surface area contributed by atoms with E-state index in [-0.39, 0.29) is 22.4 Å². The van der Waals surface area contributed by atoms with Crippen molar-refractivity contribution in [3.05, 3.63) is 69.9 Å². The second-order valence-electron chi connectivity index (χ2n) is 12.1. The molecule has 0 saturated heterocycles. The Hall–Kier alpha value is -3.02. The van der Waals surface area contributed by atoms with Crippen LogP contribution >= 0.6 is 0 Å². The second-order valence-corrected chi connectivity index (χ2v) is 12.1. The lowest BCUT2D eigenvalue weighted by Crippen LogP contribution is -2.20. The van der Waals surface area contributed by atoms with E-state index in [1.54, 1.807) is 18.3 Å². The number of fused-ring (bicyclic) bond motifs is 2. The molecule has 0 saturated carbocycles. The molecule has 43 heavy (non-hydrogen) atoms. The van der Waals surface area contributed by atoms with Crippen LogP contribution in [0.3, 0.4) is 0 Å². The van der Waals surface area contributed by atoms with Gasteiger partial charge >= 0.3 is 0 Å². The Labute approximate surface area is 260 Å². The quantitative estimate of drug-likeness (QED) is 0.349. The Balaban J connectivity index is 0.00000276. The minimum atomic E-state index is -0.520. The van der Waals surface area contributed by atoms with E-state index in [2.05, 4.69) is 51.2 Å². The number of rotatable bonds is 1. The van der Waals surface area contributed by atoms with Crippen LogP contribution in [0.15, 0.2) is 64.4 Å². The smallest absolute Gasteiger partial charge is 0.163 e. The molecular formula is C37H58F2N2O2. The number of allylic oxidation sites excluding steroid dienone is 7. The molecule has 0 fully saturated rings. The van der Waals surface area contributed by atoms with Crippen LogP contribution in [0.2, 0.25) is 0 Å². The Morgan fingerprint density at radius 1 is 1.02 bits per heavy atom. The molecule has 0 spiro atoms. The number of hydrogen-bond donors (Lipinski definition) is 1. The molecule has 3 rings (SSSR count). The number of aromatic nitrogens is 1. The number of carbonyl (C=O) groups is 1. The highest BCUT2D eigenvalue weighted by molar-refractivity contribution is 5.87. The summed E-state index contributed by atoms with van der Waals surface area (Å²) in [5.74, 6) is -0.374. The fourth-order valence-electron chi connectivity index (χ4n) is 4.71. The summed E-state index contributed by atoms with van der Waals surface area (Å²) in [5, 5.41) is 1.34. The largest absolute Gasteiger partial charge is 0.463 e. The summed E-state index contributed by atoms with van der Waals surface area (Å²) in [6.07, 6.45) is 15.1. The lowest BCUT2D eigenvalue weighted by molar-refractivity contribution is -0.0980. The highest BCUT2D eigenvalue weighted by Crippen LogP contribution is 2.39. The lowest BCUT2D eigenvalue weighted by Gasteiger charge is -2.32. The Morgan fingerprint density at radius 2 is 1.67 bits per heavy atom. The number of ether oxygens (including phenoxy) is 1.